The van der Waals surface area contributed by atoms with E-state index in [0.717, 1.165) is 6.42 Å². The molecule has 0 aliphatic heterocycles. The van der Waals surface area contributed by atoms with Crippen LogP contribution < -0.4 is 0 Å². The molecule has 2 rings (SSSR count). The van der Waals surface area contributed by atoms with Gasteiger partial charge in [-0.15, -0.1) is 0 Å². The van der Waals surface area contributed by atoms with Crippen molar-refractivity contribution in [2.24, 2.45) is 0 Å². The van der Waals surface area contributed by atoms with E-state index in [1.807, 2.05) is 0 Å². The van der Waals surface area contributed by atoms with E-state index >= 15 is 0 Å². The Morgan fingerprint density at radius 2 is 1.74 bits per heavy atom. The fourth-order valence-corrected chi connectivity index (χ4v) is 5.90. The number of hydrogen-bond donors (Lipinski definition) is 0. The second kappa shape index (κ2) is 6.06. The SMILES string of the molecule is CC[Si](CC)(CC)OC1CC=C(C)c2ccccc21. The first-order valence-electron chi connectivity index (χ1n) is 7.59. The first-order valence-corrected chi connectivity index (χ1v) is 10.1. The Morgan fingerprint density at radius 3 is 2.37 bits per heavy atom. The molecular formula is C17H26OSi. The minimum atomic E-state index is -1.52. The van der Waals surface area contributed by atoms with Crippen molar-refractivity contribution < 1.29 is 4.43 Å². The highest BCUT2D eigenvalue weighted by molar-refractivity contribution is 6.73. The summed E-state index contributed by atoms with van der Waals surface area (Å²) in [7, 11) is -1.52. The maximum atomic E-state index is 6.70. The fourth-order valence-electron chi connectivity index (χ4n) is 3.07. The highest BCUT2D eigenvalue weighted by atomic mass is 28.4. The summed E-state index contributed by atoms with van der Waals surface area (Å²) in [5, 5.41) is 0. The third kappa shape index (κ3) is 2.85. The van der Waals surface area contributed by atoms with Gasteiger partial charge < -0.3 is 4.43 Å². The van der Waals surface area contributed by atoms with Crippen LogP contribution in [-0.2, 0) is 4.43 Å². The second-order valence-electron chi connectivity index (χ2n) is 5.56. The lowest BCUT2D eigenvalue weighted by atomic mass is 9.90. The van der Waals surface area contributed by atoms with Gasteiger partial charge in [0.25, 0.3) is 0 Å². The van der Waals surface area contributed by atoms with Crippen molar-refractivity contribution in [3.63, 3.8) is 0 Å². The molecule has 0 aromatic heterocycles. The molecule has 1 aliphatic carbocycles. The van der Waals surface area contributed by atoms with Crippen molar-refractivity contribution in [3.05, 3.63) is 41.5 Å². The van der Waals surface area contributed by atoms with Crippen LogP contribution in [0.4, 0.5) is 0 Å². The van der Waals surface area contributed by atoms with Gasteiger partial charge >= 0.3 is 0 Å². The summed E-state index contributed by atoms with van der Waals surface area (Å²) in [6.07, 6.45) is 3.66. The molecule has 1 aliphatic rings. The van der Waals surface area contributed by atoms with Gasteiger partial charge in [-0.1, -0.05) is 51.1 Å². The van der Waals surface area contributed by atoms with Gasteiger partial charge in [0.05, 0.1) is 6.10 Å². The monoisotopic (exact) mass is 274 g/mol. The summed E-state index contributed by atoms with van der Waals surface area (Å²) in [4.78, 5) is 0. The van der Waals surface area contributed by atoms with Gasteiger partial charge in [0, 0.05) is 0 Å². The van der Waals surface area contributed by atoms with Crippen LogP contribution in [0.25, 0.3) is 5.57 Å². The molecule has 0 saturated carbocycles. The summed E-state index contributed by atoms with van der Waals surface area (Å²) in [5.74, 6) is 0. The van der Waals surface area contributed by atoms with E-state index in [1.165, 1.54) is 34.8 Å². The average molecular weight is 274 g/mol. The molecule has 1 atom stereocenters. The third-order valence-corrected chi connectivity index (χ3v) is 9.35. The van der Waals surface area contributed by atoms with Crippen molar-refractivity contribution in [2.75, 3.05) is 0 Å². The predicted octanol–water partition coefficient (Wildman–Crippen LogP) is 5.56. The molecular weight excluding hydrogens is 248 g/mol. The van der Waals surface area contributed by atoms with Crippen molar-refractivity contribution >= 4 is 13.9 Å². The minimum absolute atomic E-state index is 0.284. The number of hydrogen-bond acceptors (Lipinski definition) is 1. The summed E-state index contributed by atoms with van der Waals surface area (Å²) < 4.78 is 6.70. The van der Waals surface area contributed by atoms with Crippen LogP contribution in [-0.4, -0.2) is 8.32 Å². The first-order chi connectivity index (χ1) is 9.15. The van der Waals surface area contributed by atoms with Crippen molar-refractivity contribution in [3.8, 4) is 0 Å². The smallest absolute Gasteiger partial charge is 0.192 e. The van der Waals surface area contributed by atoms with E-state index in [9.17, 15) is 0 Å². The van der Waals surface area contributed by atoms with Gasteiger partial charge in [-0.2, -0.15) is 0 Å². The zero-order valence-corrected chi connectivity index (χ0v) is 13.7. The molecule has 1 nitrogen and oxygen atoms in total. The highest BCUT2D eigenvalue weighted by Gasteiger charge is 2.33. The standard InChI is InChI=1S/C17H26OSi/c1-5-19(6-2,7-3)18-17-13-12-14(4)15-10-8-9-11-16(15)17/h8-12,17H,5-7,13H2,1-4H3. The lowest BCUT2D eigenvalue weighted by Crippen LogP contribution is -2.37. The number of benzene rings is 1. The van der Waals surface area contributed by atoms with Gasteiger partial charge in [-0.05, 0) is 48.2 Å². The topological polar surface area (TPSA) is 9.23 Å². The number of rotatable bonds is 5. The predicted molar refractivity (Wildman–Crippen MR) is 85.7 cm³/mol. The van der Waals surface area contributed by atoms with E-state index in [-0.39, 0.29) is 6.10 Å². The van der Waals surface area contributed by atoms with Crippen LogP contribution in [0.2, 0.25) is 18.1 Å². The third-order valence-electron chi connectivity index (χ3n) is 4.70. The Kier molecular flexibility index (Phi) is 4.64. The summed E-state index contributed by atoms with van der Waals surface area (Å²) in [6, 6.07) is 12.4. The van der Waals surface area contributed by atoms with Crippen LogP contribution in [0.15, 0.2) is 30.3 Å². The zero-order valence-electron chi connectivity index (χ0n) is 12.7. The Bertz CT molecular complexity index is 452. The van der Waals surface area contributed by atoms with Crippen LogP contribution in [0, 0.1) is 0 Å². The van der Waals surface area contributed by atoms with Crippen molar-refractivity contribution in [1.29, 1.82) is 0 Å². The van der Waals surface area contributed by atoms with Crippen LogP contribution in [0.3, 0.4) is 0 Å². The molecule has 0 spiro atoms. The van der Waals surface area contributed by atoms with Crippen molar-refractivity contribution in [1.82, 2.24) is 0 Å². The lowest BCUT2D eigenvalue weighted by Gasteiger charge is -2.35. The normalized spacial score (nSPS) is 18.9. The molecule has 0 amide bonds. The Hall–Kier alpha value is -0.863. The van der Waals surface area contributed by atoms with Crippen LogP contribution in [0.1, 0.15) is 51.3 Å². The van der Waals surface area contributed by atoms with Gasteiger partial charge in [0.15, 0.2) is 8.32 Å². The van der Waals surface area contributed by atoms with Crippen molar-refractivity contribution in [2.45, 2.75) is 58.4 Å². The molecule has 0 heterocycles. The summed E-state index contributed by atoms with van der Waals surface area (Å²) in [5.41, 5.74) is 4.17. The fraction of sp³-hybridized carbons (Fsp3) is 0.529. The van der Waals surface area contributed by atoms with Gasteiger partial charge in [-0.3, -0.25) is 0 Å². The first kappa shape index (κ1) is 14.5. The summed E-state index contributed by atoms with van der Waals surface area (Å²) in [6.45, 7) is 9.11. The number of allylic oxidation sites excluding steroid dienone is 1. The van der Waals surface area contributed by atoms with Crippen LogP contribution in [0.5, 0.6) is 0 Å². The van der Waals surface area contributed by atoms with E-state index in [0.29, 0.717) is 0 Å². The largest absolute Gasteiger partial charge is 0.410 e. The van der Waals surface area contributed by atoms with Gasteiger partial charge in [0.2, 0.25) is 0 Å². The van der Waals surface area contributed by atoms with E-state index in [1.54, 1.807) is 0 Å². The molecule has 0 fully saturated rings. The molecule has 2 heteroatoms. The molecule has 104 valence electrons. The van der Waals surface area contributed by atoms with E-state index < -0.39 is 8.32 Å². The Balaban J connectivity index is 2.28. The van der Waals surface area contributed by atoms with E-state index in [2.05, 4.69) is 58.0 Å². The Labute approximate surface area is 118 Å². The van der Waals surface area contributed by atoms with Gasteiger partial charge in [-0.25, -0.2) is 0 Å². The van der Waals surface area contributed by atoms with Gasteiger partial charge in [0.1, 0.15) is 0 Å². The molecule has 1 aromatic rings. The molecule has 1 unspecified atom stereocenters. The molecule has 0 saturated heterocycles. The van der Waals surface area contributed by atoms with E-state index in [4.69, 9.17) is 4.43 Å². The zero-order chi connectivity index (χ0) is 13.9. The minimum Gasteiger partial charge on any atom is -0.410 e. The maximum absolute atomic E-state index is 6.70. The molecule has 0 bridgehead atoms. The number of fused-ring (bicyclic) bond motifs is 1. The molecule has 19 heavy (non-hydrogen) atoms. The summed E-state index contributed by atoms with van der Waals surface area (Å²) >= 11 is 0. The average Bonchev–Trinajstić information content (AvgIpc) is 2.48. The highest BCUT2D eigenvalue weighted by Crippen LogP contribution is 2.38. The Morgan fingerprint density at radius 1 is 1.11 bits per heavy atom. The molecule has 0 N–H and O–H groups in total. The van der Waals surface area contributed by atoms with Crippen LogP contribution >= 0.6 is 0 Å². The maximum Gasteiger partial charge on any atom is 0.192 e. The quantitative estimate of drug-likeness (QED) is 0.639. The second-order valence-corrected chi connectivity index (χ2v) is 10.3. The molecule has 1 aromatic carbocycles. The lowest BCUT2D eigenvalue weighted by molar-refractivity contribution is 0.191. The molecule has 0 radical (unpaired) electrons.